The monoisotopic (exact) mass is 173 g/mol. The molecule has 0 atom stereocenters. The molecular weight excluding hydrogens is 154 g/mol. The number of hydrogen-bond donors (Lipinski definition) is 1. The van der Waals surface area contributed by atoms with Crippen molar-refractivity contribution in [3.63, 3.8) is 0 Å². The third-order valence-corrected chi connectivity index (χ3v) is 3.96. The maximum Gasteiger partial charge on any atom is 0.0588 e. The summed E-state index contributed by atoms with van der Waals surface area (Å²) < 4.78 is 0. The van der Waals surface area contributed by atoms with Gasteiger partial charge in [-0.1, -0.05) is 12.8 Å². The Hall–Kier alpha value is 0.310. The summed E-state index contributed by atoms with van der Waals surface area (Å²) in [6.45, 7) is 4.52. The predicted octanol–water partition coefficient (Wildman–Crippen LogP) is 2.62. The summed E-state index contributed by atoms with van der Waals surface area (Å²) in [6.07, 6.45) is 5.74. The molecular formula is C9H19NS. The fourth-order valence-electron chi connectivity index (χ4n) is 1.48. The Morgan fingerprint density at radius 3 is 2.27 bits per heavy atom. The van der Waals surface area contributed by atoms with Crippen LogP contribution in [0, 0.1) is 0 Å². The highest BCUT2D eigenvalue weighted by atomic mass is 32.2. The van der Waals surface area contributed by atoms with Crippen LogP contribution in [0.3, 0.4) is 0 Å². The van der Waals surface area contributed by atoms with Crippen molar-refractivity contribution in [1.29, 1.82) is 0 Å². The molecule has 0 saturated heterocycles. The van der Waals surface area contributed by atoms with Crippen molar-refractivity contribution in [2.45, 2.75) is 49.7 Å². The molecule has 0 aromatic heterocycles. The largest absolute Gasteiger partial charge is 0.306 e. The summed E-state index contributed by atoms with van der Waals surface area (Å²) >= 11 is 2.10. The van der Waals surface area contributed by atoms with Gasteiger partial charge in [0, 0.05) is 5.25 Å². The third kappa shape index (κ3) is 3.04. The Kier molecular flexibility index (Phi) is 3.26. The van der Waals surface area contributed by atoms with Gasteiger partial charge in [0.05, 0.1) is 4.87 Å². The van der Waals surface area contributed by atoms with Gasteiger partial charge in [-0.05, 0) is 33.7 Å². The minimum absolute atomic E-state index is 0.273. The quantitative estimate of drug-likeness (QED) is 0.658. The highest BCUT2D eigenvalue weighted by Gasteiger charge is 2.24. The standard InChI is InChI=1S/C9H19NS/c1-9(2,10-3)11-8-6-4-5-7-8/h8,10H,4-7H2,1-3H3. The second kappa shape index (κ2) is 3.81. The minimum atomic E-state index is 0.273. The lowest BCUT2D eigenvalue weighted by Crippen LogP contribution is -2.34. The van der Waals surface area contributed by atoms with Crippen LogP contribution in [0.5, 0.6) is 0 Å². The molecule has 0 aromatic carbocycles. The normalized spacial score (nSPS) is 21.0. The lowest BCUT2D eigenvalue weighted by atomic mass is 10.4. The van der Waals surface area contributed by atoms with E-state index in [0.29, 0.717) is 0 Å². The average molecular weight is 173 g/mol. The summed E-state index contributed by atoms with van der Waals surface area (Å²) in [7, 11) is 2.04. The molecule has 11 heavy (non-hydrogen) atoms. The van der Waals surface area contributed by atoms with Crippen LogP contribution in [0.25, 0.3) is 0 Å². The molecule has 0 bridgehead atoms. The Bertz CT molecular complexity index is 117. The van der Waals surface area contributed by atoms with Crippen LogP contribution >= 0.6 is 11.8 Å². The third-order valence-electron chi connectivity index (χ3n) is 2.37. The topological polar surface area (TPSA) is 12.0 Å². The first-order chi connectivity index (χ1) is 5.14. The number of thioether (sulfide) groups is 1. The molecule has 0 radical (unpaired) electrons. The van der Waals surface area contributed by atoms with Crippen molar-refractivity contribution in [2.75, 3.05) is 7.05 Å². The summed E-state index contributed by atoms with van der Waals surface area (Å²) in [4.78, 5) is 0.273. The van der Waals surface area contributed by atoms with Crippen molar-refractivity contribution >= 4 is 11.8 Å². The molecule has 0 aliphatic heterocycles. The molecule has 0 aromatic rings. The Morgan fingerprint density at radius 1 is 1.27 bits per heavy atom. The van der Waals surface area contributed by atoms with Crippen LogP contribution in [-0.4, -0.2) is 17.2 Å². The van der Waals surface area contributed by atoms with Gasteiger partial charge in [0.1, 0.15) is 0 Å². The number of rotatable bonds is 3. The Balaban J connectivity index is 2.28. The lowest BCUT2D eigenvalue weighted by Gasteiger charge is -2.26. The van der Waals surface area contributed by atoms with Crippen LogP contribution < -0.4 is 5.32 Å². The van der Waals surface area contributed by atoms with E-state index in [1.54, 1.807) is 0 Å². The molecule has 1 aliphatic carbocycles. The van der Waals surface area contributed by atoms with Gasteiger partial charge in [-0.2, -0.15) is 0 Å². The van der Waals surface area contributed by atoms with Gasteiger partial charge < -0.3 is 5.32 Å². The van der Waals surface area contributed by atoms with Crippen molar-refractivity contribution in [1.82, 2.24) is 5.32 Å². The van der Waals surface area contributed by atoms with E-state index in [-0.39, 0.29) is 4.87 Å². The average Bonchev–Trinajstić information content (AvgIpc) is 2.39. The zero-order chi connectivity index (χ0) is 8.32. The fourth-order valence-corrected chi connectivity index (χ4v) is 3.00. The molecule has 1 N–H and O–H groups in total. The van der Waals surface area contributed by atoms with E-state index in [1.165, 1.54) is 25.7 Å². The number of hydrogen-bond acceptors (Lipinski definition) is 2. The van der Waals surface area contributed by atoms with E-state index < -0.39 is 0 Å². The van der Waals surface area contributed by atoms with Gasteiger partial charge in [0.25, 0.3) is 0 Å². The zero-order valence-corrected chi connectivity index (χ0v) is 8.63. The van der Waals surface area contributed by atoms with Gasteiger partial charge >= 0.3 is 0 Å². The van der Waals surface area contributed by atoms with E-state index in [0.717, 1.165) is 5.25 Å². The molecule has 1 rings (SSSR count). The van der Waals surface area contributed by atoms with E-state index in [1.807, 2.05) is 7.05 Å². The van der Waals surface area contributed by atoms with Crippen molar-refractivity contribution in [2.24, 2.45) is 0 Å². The van der Waals surface area contributed by atoms with Crippen LogP contribution in [0.1, 0.15) is 39.5 Å². The van der Waals surface area contributed by atoms with E-state index in [4.69, 9.17) is 0 Å². The SMILES string of the molecule is CNC(C)(C)SC1CCCC1. The molecule has 1 saturated carbocycles. The summed E-state index contributed by atoms with van der Waals surface area (Å²) in [6, 6.07) is 0. The van der Waals surface area contributed by atoms with Gasteiger partial charge in [-0.3, -0.25) is 0 Å². The van der Waals surface area contributed by atoms with Crippen LogP contribution in [0.15, 0.2) is 0 Å². The van der Waals surface area contributed by atoms with Gasteiger partial charge in [-0.25, -0.2) is 0 Å². The predicted molar refractivity (Wildman–Crippen MR) is 53.0 cm³/mol. The van der Waals surface area contributed by atoms with Gasteiger partial charge in [0.2, 0.25) is 0 Å². The van der Waals surface area contributed by atoms with Gasteiger partial charge in [-0.15, -0.1) is 11.8 Å². The molecule has 2 heteroatoms. The van der Waals surface area contributed by atoms with Crippen LogP contribution in [-0.2, 0) is 0 Å². The first kappa shape index (κ1) is 9.40. The summed E-state index contributed by atoms with van der Waals surface area (Å²) in [5, 5.41) is 4.25. The zero-order valence-electron chi connectivity index (χ0n) is 7.81. The van der Waals surface area contributed by atoms with Crippen molar-refractivity contribution < 1.29 is 0 Å². The van der Waals surface area contributed by atoms with Crippen LogP contribution in [0.2, 0.25) is 0 Å². The minimum Gasteiger partial charge on any atom is -0.306 e. The second-order valence-corrected chi connectivity index (χ2v) is 5.71. The molecule has 0 spiro atoms. The summed E-state index contributed by atoms with van der Waals surface area (Å²) in [5.74, 6) is 0. The molecule has 0 unspecified atom stereocenters. The van der Waals surface area contributed by atoms with Crippen molar-refractivity contribution in [3.8, 4) is 0 Å². The van der Waals surface area contributed by atoms with Crippen LogP contribution in [0.4, 0.5) is 0 Å². The maximum atomic E-state index is 3.33. The molecule has 1 fully saturated rings. The Morgan fingerprint density at radius 2 is 1.82 bits per heavy atom. The molecule has 0 heterocycles. The molecule has 66 valence electrons. The maximum absolute atomic E-state index is 3.33. The second-order valence-electron chi connectivity index (χ2n) is 3.78. The summed E-state index contributed by atoms with van der Waals surface area (Å²) in [5.41, 5.74) is 0. The highest BCUT2D eigenvalue weighted by molar-refractivity contribution is 8.01. The fraction of sp³-hybridized carbons (Fsp3) is 1.00. The first-order valence-electron chi connectivity index (χ1n) is 4.51. The molecule has 0 amide bonds. The van der Waals surface area contributed by atoms with E-state index >= 15 is 0 Å². The van der Waals surface area contributed by atoms with E-state index in [9.17, 15) is 0 Å². The molecule has 1 aliphatic rings. The van der Waals surface area contributed by atoms with Gasteiger partial charge in [0.15, 0.2) is 0 Å². The Labute approximate surface area is 74.3 Å². The highest BCUT2D eigenvalue weighted by Crippen LogP contribution is 2.35. The smallest absolute Gasteiger partial charge is 0.0588 e. The van der Waals surface area contributed by atoms with E-state index in [2.05, 4.69) is 30.9 Å². The van der Waals surface area contributed by atoms with Crippen molar-refractivity contribution in [3.05, 3.63) is 0 Å². The lowest BCUT2D eigenvalue weighted by molar-refractivity contribution is 0.603. The number of nitrogens with one attached hydrogen (secondary N) is 1. The molecule has 1 nitrogen and oxygen atoms in total. The first-order valence-corrected chi connectivity index (χ1v) is 5.39.